The van der Waals surface area contributed by atoms with E-state index in [-0.39, 0.29) is 0 Å². The monoisotopic (exact) mass is 236 g/mol. The van der Waals surface area contributed by atoms with Crippen molar-refractivity contribution in [3.63, 3.8) is 0 Å². The van der Waals surface area contributed by atoms with E-state index >= 15 is 0 Å². The van der Waals surface area contributed by atoms with Crippen LogP contribution in [0.15, 0.2) is 0 Å². The largest absolute Gasteiger partial charge is 0.370 e. The molecule has 3 rings (SSSR count). The van der Waals surface area contributed by atoms with Gasteiger partial charge in [-0.2, -0.15) is 0 Å². The minimum absolute atomic E-state index is 0.687. The average Bonchev–Trinajstić information content (AvgIpc) is 3.14. The van der Waals surface area contributed by atoms with Crippen LogP contribution in [-0.2, 0) is 4.74 Å². The fourth-order valence-electron chi connectivity index (χ4n) is 4.09. The fraction of sp³-hybridized carbons (Fsp3) is 1.00. The average molecular weight is 236 g/mol. The van der Waals surface area contributed by atoms with Gasteiger partial charge in [0.15, 0.2) is 0 Å². The van der Waals surface area contributed by atoms with Crippen molar-refractivity contribution in [2.75, 3.05) is 0 Å². The van der Waals surface area contributed by atoms with E-state index in [1.54, 1.807) is 0 Å². The van der Waals surface area contributed by atoms with Crippen LogP contribution in [0, 0.1) is 11.8 Å². The highest BCUT2D eigenvalue weighted by molar-refractivity contribution is 4.91. The first-order valence-corrected chi connectivity index (χ1v) is 8.07. The first-order valence-electron chi connectivity index (χ1n) is 8.07. The fourth-order valence-corrected chi connectivity index (χ4v) is 4.09. The van der Waals surface area contributed by atoms with Gasteiger partial charge in [-0.25, -0.2) is 0 Å². The van der Waals surface area contributed by atoms with Crippen molar-refractivity contribution in [3.05, 3.63) is 0 Å². The molecule has 0 spiro atoms. The SMILES string of the molecule is C1CCC(CCCCC2CCC3OC3C2)CC1. The highest BCUT2D eigenvalue weighted by atomic mass is 16.6. The van der Waals surface area contributed by atoms with E-state index in [0.29, 0.717) is 12.2 Å². The Morgan fingerprint density at radius 2 is 1.47 bits per heavy atom. The summed E-state index contributed by atoms with van der Waals surface area (Å²) in [5.74, 6) is 2.09. The summed E-state index contributed by atoms with van der Waals surface area (Å²) in [6.07, 6.45) is 19.1. The lowest BCUT2D eigenvalue weighted by molar-refractivity contribution is 0.310. The second-order valence-electron chi connectivity index (χ2n) is 6.68. The first kappa shape index (κ1) is 12.0. The number of unbranched alkanes of at least 4 members (excludes halogenated alkanes) is 1. The predicted octanol–water partition coefficient (Wildman–Crippen LogP) is 4.69. The normalized spacial score (nSPS) is 37.8. The number of hydrogen-bond donors (Lipinski definition) is 0. The molecule has 2 aliphatic carbocycles. The molecular formula is C16H28O. The Balaban J connectivity index is 1.24. The molecular weight excluding hydrogens is 208 g/mol. The zero-order valence-corrected chi connectivity index (χ0v) is 11.2. The molecule has 0 aromatic heterocycles. The van der Waals surface area contributed by atoms with Crippen molar-refractivity contribution >= 4 is 0 Å². The van der Waals surface area contributed by atoms with E-state index in [1.807, 2.05) is 0 Å². The second-order valence-corrected chi connectivity index (χ2v) is 6.68. The lowest BCUT2D eigenvalue weighted by Gasteiger charge is -2.22. The smallest absolute Gasteiger partial charge is 0.0844 e. The van der Waals surface area contributed by atoms with Crippen molar-refractivity contribution in [2.24, 2.45) is 11.8 Å². The Morgan fingerprint density at radius 1 is 0.706 bits per heavy atom. The van der Waals surface area contributed by atoms with Crippen LogP contribution in [0.1, 0.15) is 77.0 Å². The van der Waals surface area contributed by atoms with E-state index < -0.39 is 0 Å². The molecule has 1 heterocycles. The van der Waals surface area contributed by atoms with Crippen LogP contribution in [0.25, 0.3) is 0 Å². The van der Waals surface area contributed by atoms with E-state index in [1.165, 1.54) is 77.0 Å². The van der Waals surface area contributed by atoms with Gasteiger partial charge in [0, 0.05) is 0 Å². The summed E-state index contributed by atoms with van der Waals surface area (Å²) < 4.78 is 5.61. The molecule has 3 atom stereocenters. The first-order chi connectivity index (χ1) is 8.42. The van der Waals surface area contributed by atoms with Crippen LogP contribution in [0.4, 0.5) is 0 Å². The Kier molecular flexibility index (Phi) is 4.05. The molecule has 1 saturated heterocycles. The molecule has 0 bridgehead atoms. The number of hydrogen-bond acceptors (Lipinski definition) is 1. The maximum absolute atomic E-state index is 5.61. The Hall–Kier alpha value is -0.0400. The van der Waals surface area contributed by atoms with Crippen molar-refractivity contribution < 1.29 is 4.74 Å². The maximum Gasteiger partial charge on any atom is 0.0844 e. The van der Waals surface area contributed by atoms with Gasteiger partial charge in [0.05, 0.1) is 12.2 Å². The zero-order chi connectivity index (χ0) is 11.5. The van der Waals surface area contributed by atoms with Crippen molar-refractivity contribution in [3.8, 4) is 0 Å². The van der Waals surface area contributed by atoms with Crippen LogP contribution >= 0.6 is 0 Å². The van der Waals surface area contributed by atoms with Crippen LogP contribution in [-0.4, -0.2) is 12.2 Å². The van der Waals surface area contributed by atoms with Crippen LogP contribution < -0.4 is 0 Å². The highest BCUT2D eigenvalue weighted by Gasteiger charge is 2.43. The van der Waals surface area contributed by atoms with Gasteiger partial charge in [-0.1, -0.05) is 57.8 Å². The van der Waals surface area contributed by atoms with E-state index in [4.69, 9.17) is 4.74 Å². The second kappa shape index (κ2) is 5.73. The molecule has 0 N–H and O–H groups in total. The third-order valence-electron chi connectivity index (χ3n) is 5.31. The minimum Gasteiger partial charge on any atom is -0.370 e. The van der Waals surface area contributed by atoms with Gasteiger partial charge in [0.1, 0.15) is 0 Å². The summed E-state index contributed by atoms with van der Waals surface area (Å²) >= 11 is 0. The number of fused-ring (bicyclic) bond motifs is 1. The van der Waals surface area contributed by atoms with Crippen molar-refractivity contribution in [1.29, 1.82) is 0 Å². The predicted molar refractivity (Wildman–Crippen MR) is 71.0 cm³/mol. The molecule has 1 heteroatoms. The molecule has 0 amide bonds. The van der Waals surface area contributed by atoms with E-state index in [2.05, 4.69) is 0 Å². The van der Waals surface area contributed by atoms with Gasteiger partial charge >= 0.3 is 0 Å². The summed E-state index contributed by atoms with van der Waals surface area (Å²) in [7, 11) is 0. The van der Waals surface area contributed by atoms with Gasteiger partial charge in [-0.05, 0) is 31.1 Å². The van der Waals surface area contributed by atoms with Crippen LogP contribution in [0.5, 0.6) is 0 Å². The molecule has 0 aromatic rings. The molecule has 0 aromatic carbocycles. The third-order valence-corrected chi connectivity index (χ3v) is 5.31. The van der Waals surface area contributed by atoms with Crippen LogP contribution in [0.2, 0.25) is 0 Å². The van der Waals surface area contributed by atoms with Gasteiger partial charge in [0.25, 0.3) is 0 Å². The molecule has 1 aliphatic heterocycles. The lowest BCUT2D eigenvalue weighted by atomic mass is 9.83. The highest BCUT2D eigenvalue weighted by Crippen LogP contribution is 2.41. The topological polar surface area (TPSA) is 12.5 Å². The summed E-state index contributed by atoms with van der Waals surface area (Å²) in [5, 5.41) is 0. The molecule has 17 heavy (non-hydrogen) atoms. The molecule has 0 radical (unpaired) electrons. The molecule has 98 valence electrons. The maximum atomic E-state index is 5.61. The number of ether oxygens (including phenoxy) is 1. The quantitative estimate of drug-likeness (QED) is 0.498. The minimum atomic E-state index is 0.687. The Bertz CT molecular complexity index is 232. The van der Waals surface area contributed by atoms with Crippen LogP contribution in [0.3, 0.4) is 0 Å². The molecule has 3 aliphatic rings. The Morgan fingerprint density at radius 3 is 2.24 bits per heavy atom. The number of rotatable bonds is 5. The van der Waals surface area contributed by atoms with Gasteiger partial charge in [0.2, 0.25) is 0 Å². The van der Waals surface area contributed by atoms with Gasteiger partial charge in [-0.15, -0.1) is 0 Å². The van der Waals surface area contributed by atoms with Gasteiger partial charge in [-0.3, -0.25) is 0 Å². The zero-order valence-electron chi connectivity index (χ0n) is 11.2. The summed E-state index contributed by atoms with van der Waals surface area (Å²) in [6, 6.07) is 0. The molecule has 2 saturated carbocycles. The third kappa shape index (κ3) is 3.47. The van der Waals surface area contributed by atoms with E-state index in [9.17, 15) is 0 Å². The Labute approximate surface area is 106 Å². The summed E-state index contributed by atoms with van der Waals surface area (Å²) in [4.78, 5) is 0. The lowest BCUT2D eigenvalue weighted by Crippen LogP contribution is -2.13. The summed E-state index contributed by atoms with van der Waals surface area (Å²) in [6.45, 7) is 0. The van der Waals surface area contributed by atoms with E-state index in [0.717, 1.165) is 11.8 Å². The molecule has 3 unspecified atom stereocenters. The summed E-state index contributed by atoms with van der Waals surface area (Å²) in [5.41, 5.74) is 0. The van der Waals surface area contributed by atoms with Crippen molar-refractivity contribution in [1.82, 2.24) is 0 Å². The van der Waals surface area contributed by atoms with Gasteiger partial charge < -0.3 is 4.74 Å². The molecule has 3 fully saturated rings. The molecule has 1 nitrogen and oxygen atoms in total. The van der Waals surface area contributed by atoms with Crippen molar-refractivity contribution in [2.45, 2.75) is 89.3 Å². The number of epoxide rings is 1. The standard InChI is InChI=1S/C16H28O/c1-2-6-13(7-3-1)8-4-5-9-14-10-11-15-16(12-14)17-15/h13-16H,1-12H2.